The average molecular weight is 401 g/mol. The van der Waals surface area contributed by atoms with E-state index in [1.54, 1.807) is 18.4 Å². The van der Waals surface area contributed by atoms with E-state index in [0.717, 1.165) is 0 Å². The van der Waals surface area contributed by atoms with Crippen LogP contribution in [0.25, 0.3) is 0 Å². The Balaban J connectivity index is 1.47. The molecule has 0 radical (unpaired) electrons. The maximum atomic E-state index is 12.1. The number of ether oxygens (including phenoxy) is 3. The Morgan fingerprint density at radius 2 is 2.14 bits per heavy atom. The van der Waals surface area contributed by atoms with Crippen molar-refractivity contribution in [2.75, 3.05) is 19.9 Å². The topological polar surface area (TPSA) is 128 Å². The SMILES string of the molecule is Cc1csc([C@@H](C#N)C(=O)COC(=O)CNC(=O)c2ccc3c(c2)OCO3)n1. The molecule has 1 N–H and O–H groups in total. The first-order valence-corrected chi connectivity index (χ1v) is 9.03. The molecule has 2 aromatic rings. The number of hydrogen-bond acceptors (Lipinski definition) is 9. The predicted octanol–water partition coefficient (Wildman–Crippen LogP) is 1.33. The van der Waals surface area contributed by atoms with Gasteiger partial charge in [0, 0.05) is 16.6 Å². The number of Topliss-reactive ketones (excluding diaryl/α,β-unsaturated/α-hetero) is 1. The molecule has 0 saturated heterocycles. The van der Waals surface area contributed by atoms with E-state index in [1.807, 2.05) is 6.07 Å². The maximum absolute atomic E-state index is 12.1. The van der Waals surface area contributed by atoms with E-state index in [-0.39, 0.29) is 12.4 Å². The molecule has 0 bridgehead atoms. The minimum absolute atomic E-state index is 0.0883. The normalized spacial score (nSPS) is 12.7. The summed E-state index contributed by atoms with van der Waals surface area (Å²) in [5.74, 6) is -1.98. The van der Waals surface area contributed by atoms with Crippen LogP contribution in [0.4, 0.5) is 0 Å². The summed E-state index contributed by atoms with van der Waals surface area (Å²) in [6, 6.07) is 6.49. The van der Waals surface area contributed by atoms with Gasteiger partial charge in [-0.1, -0.05) is 0 Å². The minimum Gasteiger partial charge on any atom is -0.456 e. The zero-order valence-electron chi connectivity index (χ0n) is 14.8. The molecule has 1 atom stereocenters. The van der Waals surface area contributed by atoms with Gasteiger partial charge >= 0.3 is 5.97 Å². The fraction of sp³-hybridized carbons (Fsp3) is 0.278. The third-order valence-corrected chi connectivity index (χ3v) is 4.77. The summed E-state index contributed by atoms with van der Waals surface area (Å²) in [5, 5.41) is 13.7. The number of aryl methyl sites for hydroxylation is 1. The number of esters is 1. The molecule has 9 nitrogen and oxygen atoms in total. The molecule has 0 unspecified atom stereocenters. The number of rotatable bonds is 7. The summed E-state index contributed by atoms with van der Waals surface area (Å²) in [6.07, 6.45) is 0. The predicted molar refractivity (Wildman–Crippen MR) is 96.1 cm³/mol. The smallest absolute Gasteiger partial charge is 0.325 e. The van der Waals surface area contributed by atoms with Crippen molar-refractivity contribution in [3.63, 3.8) is 0 Å². The van der Waals surface area contributed by atoms with Gasteiger partial charge in [-0.25, -0.2) is 4.98 Å². The lowest BCUT2D eigenvalue weighted by Gasteiger charge is -2.08. The molecule has 0 fully saturated rings. The number of amides is 1. The van der Waals surface area contributed by atoms with Gasteiger partial charge in [-0.2, -0.15) is 5.26 Å². The van der Waals surface area contributed by atoms with Crippen LogP contribution in [0.1, 0.15) is 27.0 Å². The number of thiazole rings is 1. The number of aromatic nitrogens is 1. The number of carbonyl (C=O) groups excluding carboxylic acids is 3. The molecule has 1 aromatic heterocycles. The van der Waals surface area contributed by atoms with Crippen molar-refractivity contribution in [1.29, 1.82) is 5.26 Å². The third kappa shape index (κ3) is 4.44. The van der Waals surface area contributed by atoms with Gasteiger partial charge < -0.3 is 19.5 Å². The largest absolute Gasteiger partial charge is 0.456 e. The summed E-state index contributed by atoms with van der Waals surface area (Å²) in [4.78, 5) is 40.1. The zero-order chi connectivity index (χ0) is 20.1. The number of nitriles is 1. The highest BCUT2D eigenvalue weighted by atomic mass is 32.1. The highest BCUT2D eigenvalue weighted by Crippen LogP contribution is 2.32. The lowest BCUT2D eigenvalue weighted by molar-refractivity contribution is -0.146. The Hall–Kier alpha value is -3.45. The molecule has 3 rings (SSSR count). The van der Waals surface area contributed by atoms with E-state index >= 15 is 0 Å². The number of ketones is 1. The van der Waals surface area contributed by atoms with Crippen LogP contribution >= 0.6 is 11.3 Å². The quantitative estimate of drug-likeness (QED) is 0.688. The van der Waals surface area contributed by atoms with Crippen LogP contribution < -0.4 is 14.8 Å². The third-order valence-electron chi connectivity index (χ3n) is 3.74. The molecule has 1 aliphatic heterocycles. The summed E-state index contributed by atoms with van der Waals surface area (Å²) in [6.45, 7) is 0.844. The molecular weight excluding hydrogens is 386 g/mol. The molecule has 0 spiro atoms. The average Bonchev–Trinajstić information content (AvgIpc) is 3.33. The summed E-state index contributed by atoms with van der Waals surface area (Å²) >= 11 is 1.19. The highest BCUT2D eigenvalue weighted by Gasteiger charge is 2.24. The van der Waals surface area contributed by atoms with E-state index in [1.165, 1.54) is 23.5 Å². The minimum atomic E-state index is -1.09. The number of nitrogens with zero attached hydrogens (tertiary/aromatic N) is 2. The summed E-state index contributed by atoms with van der Waals surface area (Å²) in [5.41, 5.74) is 0.994. The van der Waals surface area contributed by atoms with Crippen molar-refractivity contribution in [2.24, 2.45) is 0 Å². The van der Waals surface area contributed by atoms with Crippen LogP contribution in [-0.2, 0) is 14.3 Å². The van der Waals surface area contributed by atoms with Crippen molar-refractivity contribution in [1.82, 2.24) is 10.3 Å². The van der Waals surface area contributed by atoms with E-state index in [4.69, 9.17) is 14.2 Å². The van der Waals surface area contributed by atoms with Crippen LogP contribution in [0.2, 0.25) is 0 Å². The molecular formula is C18H15N3O6S. The number of fused-ring (bicyclic) bond motifs is 1. The van der Waals surface area contributed by atoms with Gasteiger partial charge in [0.1, 0.15) is 11.6 Å². The van der Waals surface area contributed by atoms with Gasteiger partial charge in [0.05, 0.1) is 6.07 Å². The molecule has 1 aromatic carbocycles. The molecule has 1 amide bonds. The Kier molecular flexibility index (Phi) is 5.86. The molecule has 28 heavy (non-hydrogen) atoms. The fourth-order valence-electron chi connectivity index (χ4n) is 2.35. The van der Waals surface area contributed by atoms with Crippen LogP contribution in [0, 0.1) is 18.3 Å². The zero-order valence-corrected chi connectivity index (χ0v) is 15.6. The number of benzene rings is 1. The van der Waals surface area contributed by atoms with Crippen molar-refractivity contribution >= 4 is 29.0 Å². The second-order valence-corrected chi connectivity index (χ2v) is 6.66. The highest BCUT2D eigenvalue weighted by molar-refractivity contribution is 7.09. The Morgan fingerprint density at radius 1 is 1.36 bits per heavy atom. The molecule has 0 aliphatic carbocycles. The monoisotopic (exact) mass is 401 g/mol. The standard InChI is InChI=1S/C18H15N3O6S/c1-10-8-28-18(21-10)12(5-19)13(22)7-25-16(23)6-20-17(24)11-2-3-14-15(4-11)27-9-26-14/h2-4,8,12H,6-7,9H2,1H3,(H,20,24)/t12-/m0/s1. The molecule has 2 heterocycles. The van der Waals surface area contributed by atoms with Crippen molar-refractivity contribution < 1.29 is 28.6 Å². The second kappa shape index (κ2) is 8.49. The van der Waals surface area contributed by atoms with E-state index < -0.39 is 36.7 Å². The van der Waals surface area contributed by atoms with Crippen molar-refractivity contribution in [3.05, 3.63) is 39.8 Å². The van der Waals surface area contributed by atoms with Crippen molar-refractivity contribution in [3.8, 4) is 17.6 Å². The lowest BCUT2D eigenvalue weighted by atomic mass is 10.1. The van der Waals surface area contributed by atoms with Crippen LogP contribution in [0.3, 0.4) is 0 Å². The van der Waals surface area contributed by atoms with Gasteiger partial charge in [-0.3, -0.25) is 14.4 Å². The summed E-state index contributed by atoms with van der Waals surface area (Å²) in [7, 11) is 0. The van der Waals surface area contributed by atoms with Gasteiger partial charge in [0.15, 0.2) is 29.8 Å². The van der Waals surface area contributed by atoms with Crippen molar-refractivity contribution in [2.45, 2.75) is 12.8 Å². The van der Waals surface area contributed by atoms with E-state index in [9.17, 15) is 19.6 Å². The van der Waals surface area contributed by atoms with Gasteiger partial charge in [0.25, 0.3) is 5.91 Å². The number of hydrogen-bond donors (Lipinski definition) is 1. The molecule has 1 aliphatic rings. The van der Waals surface area contributed by atoms with Gasteiger partial charge in [-0.15, -0.1) is 11.3 Å². The van der Waals surface area contributed by atoms with E-state index in [0.29, 0.717) is 22.2 Å². The Labute approximate surface area is 163 Å². The van der Waals surface area contributed by atoms with Gasteiger partial charge in [-0.05, 0) is 25.1 Å². The Bertz CT molecular complexity index is 964. The molecule has 0 saturated carbocycles. The van der Waals surface area contributed by atoms with Crippen LogP contribution in [0.5, 0.6) is 11.5 Å². The first-order valence-electron chi connectivity index (χ1n) is 8.15. The lowest BCUT2D eigenvalue weighted by Crippen LogP contribution is -2.32. The number of nitrogens with one attached hydrogen (secondary N) is 1. The molecule has 10 heteroatoms. The maximum Gasteiger partial charge on any atom is 0.325 e. The van der Waals surface area contributed by atoms with Crippen LogP contribution in [0.15, 0.2) is 23.6 Å². The summed E-state index contributed by atoms with van der Waals surface area (Å²) < 4.78 is 15.2. The second-order valence-electron chi connectivity index (χ2n) is 5.77. The Morgan fingerprint density at radius 3 is 2.86 bits per heavy atom. The number of carbonyl (C=O) groups is 3. The first kappa shape index (κ1) is 19.3. The molecule has 144 valence electrons. The van der Waals surface area contributed by atoms with Gasteiger partial charge in [0.2, 0.25) is 6.79 Å². The fourth-order valence-corrected chi connectivity index (χ4v) is 3.21. The first-order chi connectivity index (χ1) is 13.5. The van der Waals surface area contributed by atoms with Crippen LogP contribution in [-0.4, -0.2) is 42.6 Å². The van der Waals surface area contributed by atoms with E-state index in [2.05, 4.69) is 10.3 Å².